The van der Waals surface area contributed by atoms with E-state index in [1.54, 1.807) is 6.07 Å². The molecule has 1 aromatic heterocycles. The summed E-state index contributed by atoms with van der Waals surface area (Å²) in [6, 6.07) is 11.1. The Bertz CT molecular complexity index is 736. The van der Waals surface area contributed by atoms with Crippen LogP contribution in [0.3, 0.4) is 0 Å². The van der Waals surface area contributed by atoms with Gasteiger partial charge in [-0.15, -0.1) is 0 Å². The molecule has 1 aromatic carbocycles. The van der Waals surface area contributed by atoms with E-state index in [9.17, 15) is 9.59 Å². The van der Waals surface area contributed by atoms with E-state index >= 15 is 0 Å². The van der Waals surface area contributed by atoms with Gasteiger partial charge < -0.3 is 14.7 Å². The van der Waals surface area contributed by atoms with E-state index in [1.165, 1.54) is 6.42 Å². The number of nitrogens with one attached hydrogen (secondary N) is 1. The molecule has 26 heavy (non-hydrogen) atoms. The van der Waals surface area contributed by atoms with Crippen LogP contribution in [0.5, 0.6) is 0 Å². The quantitative estimate of drug-likeness (QED) is 0.862. The Kier molecular flexibility index (Phi) is 6.04. The number of carbonyl (C=O) groups is 2. The van der Waals surface area contributed by atoms with E-state index in [-0.39, 0.29) is 23.6 Å². The minimum Gasteiger partial charge on any atom is -0.359 e. The van der Waals surface area contributed by atoms with Gasteiger partial charge in [0.15, 0.2) is 11.5 Å². The maximum absolute atomic E-state index is 13.1. The summed E-state index contributed by atoms with van der Waals surface area (Å²) in [4.78, 5) is 26.8. The fourth-order valence-corrected chi connectivity index (χ4v) is 3.42. The molecule has 0 spiro atoms. The fraction of sp³-hybridized carbons (Fsp3) is 0.450. The number of rotatable bonds is 6. The number of aromatic nitrogens is 1. The van der Waals surface area contributed by atoms with Crippen molar-refractivity contribution in [2.75, 3.05) is 6.54 Å². The topological polar surface area (TPSA) is 75.4 Å². The van der Waals surface area contributed by atoms with E-state index in [1.807, 2.05) is 42.2 Å². The molecule has 1 N–H and O–H groups in total. The molecule has 1 aliphatic carbocycles. The van der Waals surface area contributed by atoms with Crippen molar-refractivity contribution in [3.63, 3.8) is 0 Å². The van der Waals surface area contributed by atoms with E-state index < -0.39 is 0 Å². The van der Waals surface area contributed by atoms with Crippen LogP contribution in [0.1, 0.15) is 65.6 Å². The van der Waals surface area contributed by atoms with Gasteiger partial charge >= 0.3 is 0 Å². The van der Waals surface area contributed by atoms with Crippen LogP contribution in [-0.2, 0) is 6.54 Å². The van der Waals surface area contributed by atoms with E-state index in [0.717, 1.165) is 25.7 Å². The maximum Gasteiger partial charge on any atom is 0.273 e. The van der Waals surface area contributed by atoms with Crippen LogP contribution >= 0.6 is 0 Å². The lowest BCUT2D eigenvalue weighted by Gasteiger charge is -2.33. The Balaban J connectivity index is 1.79. The molecular weight excluding hydrogens is 330 g/mol. The van der Waals surface area contributed by atoms with Crippen LogP contribution in [0.2, 0.25) is 0 Å². The molecule has 1 heterocycles. The molecule has 0 unspecified atom stereocenters. The smallest absolute Gasteiger partial charge is 0.273 e. The highest BCUT2D eigenvalue weighted by Gasteiger charge is 2.28. The summed E-state index contributed by atoms with van der Waals surface area (Å²) >= 11 is 0. The SMILES string of the molecule is CCNC(=O)c1cc(CN(C(=O)c2ccccc2)C2CCCCC2)on1. The van der Waals surface area contributed by atoms with Crippen molar-refractivity contribution in [3.05, 3.63) is 53.4 Å². The molecule has 0 aliphatic heterocycles. The Labute approximate surface area is 153 Å². The fourth-order valence-electron chi connectivity index (χ4n) is 3.42. The zero-order valence-corrected chi connectivity index (χ0v) is 15.1. The lowest BCUT2D eigenvalue weighted by atomic mass is 9.93. The first-order valence-electron chi connectivity index (χ1n) is 9.29. The average Bonchev–Trinajstić information content (AvgIpc) is 3.16. The van der Waals surface area contributed by atoms with Crippen molar-refractivity contribution in [1.29, 1.82) is 0 Å². The molecular formula is C20H25N3O3. The summed E-state index contributed by atoms with van der Waals surface area (Å²) in [5, 5.41) is 6.54. The van der Waals surface area contributed by atoms with Crippen LogP contribution < -0.4 is 5.32 Å². The third-order valence-electron chi connectivity index (χ3n) is 4.75. The summed E-state index contributed by atoms with van der Waals surface area (Å²) in [7, 11) is 0. The van der Waals surface area contributed by atoms with Crippen molar-refractivity contribution < 1.29 is 14.1 Å². The Morgan fingerprint density at radius 1 is 1.19 bits per heavy atom. The van der Waals surface area contributed by atoms with E-state index in [2.05, 4.69) is 10.5 Å². The van der Waals surface area contributed by atoms with Gasteiger partial charge in [-0.1, -0.05) is 42.6 Å². The van der Waals surface area contributed by atoms with Gasteiger partial charge in [0.1, 0.15) is 0 Å². The van der Waals surface area contributed by atoms with Crippen LogP contribution in [0.25, 0.3) is 0 Å². The summed E-state index contributed by atoms with van der Waals surface area (Å²) in [6.45, 7) is 2.70. The molecule has 1 aliphatic rings. The van der Waals surface area contributed by atoms with Crippen LogP contribution in [-0.4, -0.2) is 34.5 Å². The van der Waals surface area contributed by atoms with Gasteiger partial charge in [-0.2, -0.15) is 0 Å². The molecule has 6 nitrogen and oxygen atoms in total. The van der Waals surface area contributed by atoms with Crippen LogP contribution in [0.15, 0.2) is 40.9 Å². The average molecular weight is 355 g/mol. The maximum atomic E-state index is 13.1. The third-order valence-corrected chi connectivity index (χ3v) is 4.75. The number of hydrogen-bond donors (Lipinski definition) is 1. The van der Waals surface area contributed by atoms with Gasteiger partial charge in [0.2, 0.25) is 0 Å². The van der Waals surface area contributed by atoms with Crippen molar-refractivity contribution in [2.24, 2.45) is 0 Å². The van der Waals surface area contributed by atoms with Gasteiger partial charge in [0.05, 0.1) is 6.54 Å². The van der Waals surface area contributed by atoms with Crippen molar-refractivity contribution in [3.8, 4) is 0 Å². The van der Waals surface area contributed by atoms with E-state index in [4.69, 9.17) is 4.52 Å². The predicted molar refractivity (Wildman–Crippen MR) is 97.7 cm³/mol. The summed E-state index contributed by atoms with van der Waals surface area (Å²) in [6.07, 6.45) is 5.47. The Morgan fingerprint density at radius 3 is 2.62 bits per heavy atom. The normalized spacial score (nSPS) is 14.8. The molecule has 0 radical (unpaired) electrons. The van der Waals surface area contributed by atoms with Gasteiger partial charge in [0.25, 0.3) is 11.8 Å². The largest absolute Gasteiger partial charge is 0.359 e. The van der Waals surface area contributed by atoms with Gasteiger partial charge in [-0.3, -0.25) is 9.59 Å². The molecule has 3 rings (SSSR count). The molecule has 2 aromatic rings. The monoisotopic (exact) mass is 355 g/mol. The van der Waals surface area contributed by atoms with E-state index in [0.29, 0.717) is 24.4 Å². The molecule has 0 bridgehead atoms. The second-order valence-electron chi connectivity index (χ2n) is 6.63. The number of hydrogen-bond acceptors (Lipinski definition) is 4. The first-order chi connectivity index (χ1) is 12.7. The van der Waals surface area contributed by atoms with Gasteiger partial charge in [-0.05, 0) is 31.9 Å². The molecule has 0 atom stereocenters. The first-order valence-corrected chi connectivity index (χ1v) is 9.29. The minimum atomic E-state index is -0.263. The van der Waals surface area contributed by atoms with Crippen molar-refractivity contribution >= 4 is 11.8 Å². The Hall–Kier alpha value is -2.63. The summed E-state index contributed by atoms with van der Waals surface area (Å²) in [5.74, 6) is 0.260. The lowest BCUT2D eigenvalue weighted by molar-refractivity contribution is 0.0590. The number of carbonyl (C=O) groups excluding carboxylic acids is 2. The highest BCUT2D eigenvalue weighted by Crippen LogP contribution is 2.26. The van der Waals surface area contributed by atoms with Crippen molar-refractivity contribution in [1.82, 2.24) is 15.4 Å². The second kappa shape index (κ2) is 8.65. The molecule has 1 saturated carbocycles. The molecule has 6 heteroatoms. The summed E-state index contributed by atoms with van der Waals surface area (Å²) in [5.41, 5.74) is 0.916. The Morgan fingerprint density at radius 2 is 1.92 bits per heavy atom. The van der Waals surface area contributed by atoms with Gasteiger partial charge in [0, 0.05) is 24.2 Å². The number of nitrogens with zero attached hydrogens (tertiary/aromatic N) is 2. The van der Waals surface area contributed by atoms with Crippen molar-refractivity contribution in [2.45, 2.75) is 51.6 Å². The highest BCUT2D eigenvalue weighted by atomic mass is 16.5. The van der Waals surface area contributed by atoms with Crippen LogP contribution in [0.4, 0.5) is 0 Å². The zero-order valence-electron chi connectivity index (χ0n) is 15.1. The molecule has 2 amide bonds. The lowest BCUT2D eigenvalue weighted by Crippen LogP contribution is -2.40. The molecule has 1 fully saturated rings. The highest BCUT2D eigenvalue weighted by molar-refractivity contribution is 5.94. The number of amides is 2. The van der Waals surface area contributed by atoms with Gasteiger partial charge in [-0.25, -0.2) is 0 Å². The molecule has 0 saturated heterocycles. The molecule has 138 valence electrons. The first kappa shape index (κ1) is 18.2. The number of benzene rings is 1. The van der Waals surface area contributed by atoms with Crippen LogP contribution in [0, 0.1) is 0 Å². The summed E-state index contributed by atoms with van der Waals surface area (Å²) < 4.78 is 5.33. The minimum absolute atomic E-state index is 0.00606. The predicted octanol–water partition coefficient (Wildman–Crippen LogP) is 3.40. The third kappa shape index (κ3) is 4.31. The second-order valence-corrected chi connectivity index (χ2v) is 6.63. The zero-order chi connectivity index (χ0) is 18.4. The standard InChI is InChI=1S/C20H25N3O3/c1-2-21-19(24)18-13-17(26-22-18)14-23(16-11-7-4-8-12-16)20(25)15-9-5-3-6-10-15/h3,5-6,9-10,13,16H,2,4,7-8,11-12,14H2,1H3,(H,21,24).